The first-order valence-electron chi connectivity index (χ1n) is 13.0. The van der Waals surface area contributed by atoms with Crippen LogP contribution in [0.4, 0.5) is 16.2 Å². The molecule has 0 saturated carbocycles. The number of aliphatic hydroxyl groups is 1. The Bertz CT molecular complexity index is 1490. The van der Waals surface area contributed by atoms with E-state index < -0.39 is 23.3 Å². The molecular formula is C30H29N3O8. The molecule has 2 amide bonds. The SMILES string of the molecule is C/C=C1/C[C@H]2[C@H](O)N(C(=O)OCc3ccc([N+](=O)[O-])cc3)c3cc(OCc4ccccc4)c(OC)cc3C(=O)N2C1. The van der Waals surface area contributed by atoms with Crippen molar-refractivity contribution >= 4 is 23.4 Å². The lowest BCUT2D eigenvalue weighted by molar-refractivity contribution is -0.384. The Labute approximate surface area is 236 Å². The number of benzene rings is 3. The summed E-state index contributed by atoms with van der Waals surface area (Å²) in [6, 6.07) is 17.4. The van der Waals surface area contributed by atoms with Gasteiger partial charge in [-0.15, -0.1) is 0 Å². The van der Waals surface area contributed by atoms with Crippen LogP contribution in [0.5, 0.6) is 11.5 Å². The van der Waals surface area contributed by atoms with E-state index in [1.54, 1.807) is 4.90 Å². The van der Waals surface area contributed by atoms with E-state index in [4.69, 9.17) is 14.2 Å². The maximum atomic E-state index is 13.8. The van der Waals surface area contributed by atoms with E-state index in [1.165, 1.54) is 43.5 Å². The number of nitro benzene ring substituents is 1. The molecule has 2 heterocycles. The molecule has 212 valence electrons. The Morgan fingerprint density at radius 3 is 2.44 bits per heavy atom. The van der Waals surface area contributed by atoms with Crippen molar-refractivity contribution in [1.29, 1.82) is 0 Å². The van der Waals surface area contributed by atoms with E-state index in [2.05, 4.69) is 0 Å². The lowest BCUT2D eigenvalue weighted by Crippen LogP contribution is -2.50. The van der Waals surface area contributed by atoms with Gasteiger partial charge in [-0.05, 0) is 42.7 Å². The molecule has 3 aromatic carbocycles. The molecule has 1 saturated heterocycles. The molecule has 1 N–H and O–H groups in total. The molecule has 11 nitrogen and oxygen atoms in total. The summed E-state index contributed by atoms with van der Waals surface area (Å²) in [5.74, 6) is 0.213. The smallest absolute Gasteiger partial charge is 0.416 e. The third-order valence-electron chi connectivity index (χ3n) is 7.24. The zero-order valence-electron chi connectivity index (χ0n) is 22.6. The van der Waals surface area contributed by atoms with Gasteiger partial charge in [-0.25, -0.2) is 9.69 Å². The Morgan fingerprint density at radius 2 is 1.78 bits per heavy atom. The molecule has 0 unspecified atom stereocenters. The number of ether oxygens (including phenoxy) is 3. The van der Waals surface area contributed by atoms with Gasteiger partial charge in [0, 0.05) is 24.7 Å². The van der Waals surface area contributed by atoms with Crippen molar-refractivity contribution in [2.75, 3.05) is 18.6 Å². The monoisotopic (exact) mass is 559 g/mol. The van der Waals surface area contributed by atoms with E-state index >= 15 is 0 Å². The average Bonchev–Trinajstić information content (AvgIpc) is 3.41. The largest absolute Gasteiger partial charge is 0.493 e. The van der Waals surface area contributed by atoms with Crippen molar-refractivity contribution < 1.29 is 33.8 Å². The number of carbonyl (C=O) groups is 2. The zero-order valence-corrected chi connectivity index (χ0v) is 22.6. The van der Waals surface area contributed by atoms with Crippen LogP contribution in [0.2, 0.25) is 0 Å². The van der Waals surface area contributed by atoms with Crippen LogP contribution in [-0.4, -0.2) is 52.9 Å². The van der Waals surface area contributed by atoms with Gasteiger partial charge in [0.25, 0.3) is 11.6 Å². The predicted molar refractivity (Wildman–Crippen MR) is 149 cm³/mol. The minimum atomic E-state index is -1.42. The highest BCUT2D eigenvalue weighted by molar-refractivity contribution is 6.06. The summed E-state index contributed by atoms with van der Waals surface area (Å²) in [6.45, 7) is 2.18. The second-order valence-electron chi connectivity index (χ2n) is 9.71. The maximum Gasteiger partial charge on any atom is 0.416 e. The summed E-state index contributed by atoms with van der Waals surface area (Å²) >= 11 is 0. The van der Waals surface area contributed by atoms with Crippen molar-refractivity contribution in [2.45, 2.75) is 38.8 Å². The number of rotatable bonds is 7. The highest BCUT2D eigenvalue weighted by Crippen LogP contribution is 2.42. The highest BCUT2D eigenvalue weighted by Gasteiger charge is 2.46. The molecule has 41 heavy (non-hydrogen) atoms. The lowest BCUT2D eigenvalue weighted by Gasteiger charge is -2.31. The number of anilines is 1. The Balaban J connectivity index is 1.50. The maximum absolute atomic E-state index is 13.8. The van der Waals surface area contributed by atoms with Gasteiger partial charge in [0.05, 0.1) is 29.3 Å². The number of nitrogens with zero attached hydrogens (tertiary/aromatic N) is 3. The number of nitro groups is 1. The Hall–Kier alpha value is -4.90. The molecule has 11 heteroatoms. The summed E-state index contributed by atoms with van der Waals surface area (Å²) in [4.78, 5) is 40.4. The van der Waals surface area contributed by atoms with Crippen LogP contribution in [0.15, 0.2) is 78.4 Å². The van der Waals surface area contributed by atoms with Gasteiger partial charge >= 0.3 is 6.09 Å². The normalized spacial score (nSPS) is 18.9. The molecule has 0 radical (unpaired) electrons. The van der Waals surface area contributed by atoms with Crippen molar-refractivity contribution in [2.24, 2.45) is 0 Å². The Morgan fingerprint density at radius 1 is 1.07 bits per heavy atom. The molecule has 5 rings (SSSR count). The van der Waals surface area contributed by atoms with E-state index in [9.17, 15) is 24.8 Å². The van der Waals surface area contributed by atoms with Gasteiger partial charge in [-0.3, -0.25) is 14.9 Å². The van der Waals surface area contributed by atoms with Gasteiger partial charge < -0.3 is 24.2 Å². The third kappa shape index (κ3) is 5.57. The number of carbonyl (C=O) groups excluding carboxylic acids is 2. The number of amides is 2. The summed E-state index contributed by atoms with van der Waals surface area (Å²) in [6.07, 6.45) is -0.0245. The van der Waals surface area contributed by atoms with Gasteiger partial charge in [0.2, 0.25) is 0 Å². The average molecular weight is 560 g/mol. The molecule has 0 bridgehead atoms. The van der Waals surface area contributed by atoms with Gasteiger partial charge in [0.15, 0.2) is 17.7 Å². The van der Waals surface area contributed by atoms with Gasteiger partial charge in [-0.2, -0.15) is 0 Å². The summed E-state index contributed by atoms with van der Waals surface area (Å²) in [5, 5.41) is 22.5. The van der Waals surface area contributed by atoms with E-state index in [0.717, 1.165) is 16.0 Å². The van der Waals surface area contributed by atoms with Crippen LogP contribution in [0.3, 0.4) is 0 Å². The van der Waals surface area contributed by atoms with Crippen LogP contribution in [0, 0.1) is 10.1 Å². The fourth-order valence-electron chi connectivity index (χ4n) is 5.01. The molecule has 3 aromatic rings. The van der Waals surface area contributed by atoms with Crippen LogP contribution >= 0.6 is 0 Å². The lowest BCUT2D eigenvalue weighted by atomic mass is 10.1. The van der Waals surface area contributed by atoms with Crippen LogP contribution in [0.25, 0.3) is 0 Å². The van der Waals surface area contributed by atoms with Crippen molar-refractivity contribution in [1.82, 2.24) is 4.90 Å². The fraction of sp³-hybridized carbons (Fsp3) is 0.267. The van der Waals surface area contributed by atoms with Crippen LogP contribution in [0.1, 0.15) is 34.8 Å². The molecule has 2 aliphatic rings. The summed E-state index contributed by atoms with van der Waals surface area (Å²) < 4.78 is 17.1. The number of fused-ring (bicyclic) bond motifs is 2. The topological polar surface area (TPSA) is 132 Å². The highest BCUT2D eigenvalue weighted by atomic mass is 16.6. The first-order valence-corrected chi connectivity index (χ1v) is 13.0. The van der Waals surface area contributed by atoms with Gasteiger partial charge in [0.1, 0.15) is 13.2 Å². The number of allylic oxidation sites excluding steroid dienone is 1. The minimum Gasteiger partial charge on any atom is -0.493 e. The second kappa shape index (κ2) is 11.7. The van der Waals surface area contributed by atoms with Crippen molar-refractivity contribution in [3.05, 3.63) is 105 Å². The quantitative estimate of drug-likeness (QED) is 0.248. The van der Waals surface area contributed by atoms with E-state index in [0.29, 0.717) is 24.3 Å². The second-order valence-corrected chi connectivity index (χ2v) is 9.71. The number of hydrogen-bond donors (Lipinski definition) is 1. The molecule has 0 aliphatic carbocycles. The number of non-ortho nitro benzene ring substituents is 1. The van der Waals surface area contributed by atoms with Crippen LogP contribution in [-0.2, 0) is 18.0 Å². The molecular weight excluding hydrogens is 530 g/mol. The third-order valence-corrected chi connectivity index (χ3v) is 7.24. The molecule has 0 spiro atoms. The predicted octanol–water partition coefficient (Wildman–Crippen LogP) is 4.82. The van der Waals surface area contributed by atoms with Gasteiger partial charge in [-0.1, -0.05) is 42.0 Å². The number of hydrogen-bond acceptors (Lipinski definition) is 8. The molecule has 1 fully saturated rings. The molecule has 2 aliphatic heterocycles. The fourth-order valence-corrected chi connectivity index (χ4v) is 5.01. The first-order chi connectivity index (χ1) is 19.8. The first kappa shape index (κ1) is 27.7. The summed E-state index contributed by atoms with van der Waals surface area (Å²) in [7, 11) is 1.46. The zero-order chi connectivity index (χ0) is 29.1. The van der Waals surface area contributed by atoms with Crippen molar-refractivity contribution in [3.8, 4) is 11.5 Å². The van der Waals surface area contributed by atoms with E-state index in [1.807, 2.05) is 43.3 Å². The molecule has 0 aromatic heterocycles. The van der Waals surface area contributed by atoms with E-state index in [-0.39, 0.29) is 41.8 Å². The summed E-state index contributed by atoms with van der Waals surface area (Å²) in [5.41, 5.74) is 2.56. The van der Waals surface area contributed by atoms with Crippen molar-refractivity contribution in [3.63, 3.8) is 0 Å². The molecule has 2 atom stereocenters. The van der Waals surface area contributed by atoms with Crippen LogP contribution < -0.4 is 14.4 Å². The number of methoxy groups -OCH3 is 1. The number of aliphatic hydroxyl groups excluding tert-OH is 1. The minimum absolute atomic E-state index is 0.0893. The Kier molecular flexibility index (Phi) is 7.88. The standard InChI is InChI=1S/C30H29N3O8/c1-3-19-13-25-29(35)32(30(36)41-18-21-9-11-22(12-10-21)33(37)38)24-15-27(40-17-20-7-5-4-6-8-20)26(39-2)14-23(24)28(34)31(25)16-19/h3-12,14-15,25,29,35H,13,16-18H2,1-2H3/b19-3-/t25-,29-/m0/s1.